The first-order chi connectivity index (χ1) is 16.3. The number of amides is 2. The van der Waals surface area contributed by atoms with Crippen LogP contribution in [0.3, 0.4) is 0 Å². The molecule has 0 fully saturated rings. The highest BCUT2D eigenvalue weighted by atomic mass is 19.1. The number of rotatable bonds is 5. The van der Waals surface area contributed by atoms with Crippen molar-refractivity contribution in [3.8, 4) is 5.75 Å². The van der Waals surface area contributed by atoms with Crippen LogP contribution >= 0.6 is 0 Å². The van der Waals surface area contributed by atoms with Crippen molar-refractivity contribution in [1.82, 2.24) is 14.4 Å². The molecule has 1 atom stereocenters. The third kappa shape index (κ3) is 4.33. The van der Waals surface area contributed by atoms with E-state index in [1.807, 2.05) is 6.92 Å². The van der Waals surface area contributed by atoms with E-state index < -0.39 is 5.82 Å². The molecule has 0 spiro atoms. The Morgan fingerprint density at radius 1 is 1.15 bits per heavy atom. The Morgan fingerprint density at radius 3 is 2.62 bits per heavy atom. The molecule has 3 heterocycles. The van der Waals surface area contributed by atoms with Crippen molar-refractivity contribution in [3.05, 3.63) is 87.5 Å². The summed E-state index contributed by atoms with van der Waals surface area (Å²) in [6, 6.07) is 9.99. The fraction of sp³-hybridized carbons (Fsp3) is 0.320. The van der Waals surface area contributed by atoms with E-state index in [1.165, 1.54) is 40.8 Å². The van der Waals surface area contributed by atoms with Gasteiger partial charge in [-0.3, -0.25) is 14.4 Å². The summed E-state index contributed by atoms with van der Waals surface area (Å²) < 4.78 is 26.0. The van der Waals surface area contributed by atoms with Crippen molar-refractivity contribution in [2.24, 2.45) is 0 Å². The van der Waals surface area contributed by atoms with Gasteiger partial charge in [-0.05, 0) is 37.3 Å². The van der Waals surface area contributed by atoms with Crippen LogP contribution in [-0.2, 0) is 13.0 Å². The highest BCUT2D eigenvalue weighted by Gasteiger charge is 2.30. The Morgan fingerprint density at radius 2 is 1.94 bits per heavy atom. The first-order valence-corrected chi connectivity index (χ1v) is 11.0. The molecule has 8 nitrogen and oxygen atoms in total. The molecular weight excluding hydrogens is 441 g/mol. The first kappa shape index (κ1) is 23.3. The molecule has 0 N–H and O–H groups in total. The van der Waals surface area contributed by atoms with Crippen LogP contribution in [-0.4, -0.2) is 53.4 Å². The Balaban J connectivity index is 1.67. The first-order valence-electron chi connectivity index (χ1n) is 11.0. The van der Waals surface area contributed by atoms with Crippen molar-refractivity contribution in [2.75, 3.05) is 27.2 Å². The van der Waals surface area contributed by atoms with E-state index in [0.717, 1.165) is 0 Å². The smallest absolute Gasteiger partial charge is 0.259 e. The molecule has 4 rings (SSSR count). The number of ether oxygens (including phenoxy) is 1. The molecule has 1 aliphatic rings. The number of carbonyl (C=O) groups excluding carboxylic acids is 2. The van der Waals surface area contributed by atoms with Crippen LogP contribution in [0.15, 0.2) is 57.9 Å². The van der Waals surface area contributed by atoms with Gasteiger partial charge in [0.05, 0.1) is 19.4 Å². The molecule has 1 aliphatic heterocycles. The number of nitrogens with zero attached hydrogens (tertiary/aromatic N) is 3. The quantitative estimate of drug-likeness (QED) is 0.576. The summed E-state index contributed by atoms with van der Waals surface area (Å²) in [5.41, 5.74) is 0.704. The van der Waals surface area contributed by atoms with E-state index in [4.69, 9.17) is 9.15 Å². The Bertz CT molecular complexity index is 1270. The number of aromatic nitrogens is 1. The summed E-state index contributed by atoms with van der Waals surface area (Å²) in [5.74, 6) is -0.338. The maximum Gasteiger partial charge on any atom is 0.259 e. The fourth-order valence-corrected chi connectivity index (χ4v) is 4.22. The molecule has 178 valence electrons. The summed E-state index contributed by atoms with van der Waals surface area (Å²) in [6.07, 6.45) is 1.81. The second-order valence-corrected chi connectivity index (χ2v) is 8.18. The molecule has 1 aromatic carbocycles. The minimum atomic E-state index is -0.494. The van der Waals surface area contributed by atoms with Crippen LogP contribution in [0.25, 0.3) is 0 Å². The predicted octanol–water partition coefficient (Wildman–Crippen LogP) is 3.12. The van der Waals surface area contributed by atoms with Crippen molar-refractivity contribution in [3.63, 3.8) is 0 Å². The zero-order chi connectivity index (χ0) is 24.4. The van der Waals surface area contributed by atoms with Gasteiger partial charge < -0.3 is 23.5 Å². The molecule has 0 unspecified atom stereocenters. The summed E-state index contributed by atoms with van der Waals surface area (Å²) in [4.78, 5) is 42.5. The number of hydrogen-bond donors (Lipinski definition) is 0. The summed E-state index contributed by atoms with van der Waals surface area (Å²) in [5, 5.41) is 0. The van der Waals surface area contributed by atoms with Gasteiger partial charge in [0.15, 0.2) is 0 Å². The van der Waals surface area contributed by atoms with Crippen molar-refractivity contribution in [2.45, 2.75) is 25.9 Å². The van der Waals surface area contributed by atoms with Crippen molar-refractivity contribution >= 4 is 11.8 Å². The molecule has 0 bridgehead atoms. The second kappa shape index (κ2) is 9.54. The molecule has 2 amide bonds. The number of pyridine rings is 1. The molecule has 9 heteroatoms. The molecule has 0 aliphatic carbocycles. The Hall–Kier alpha value is -3.88. The number of fused-ring (bicyclic) bond motifs is 1. The second-order valence-electron chi connectivity index (χ2n) is 8.18. The largest absolute Gasteiger partial charge is 0.496 e. The monoisotopic (exact) mass is 467 g/mol. The fourth-order valence-electron chi connectivity index (χ4n) is 4.22. The zero-order valence-corrected chi connectivity index (χ0v) is 19.3. The molecule has 2 aromatic heterocycles. The Kier molecular flexibility index (Phi) is 6.54. The van der Waals surface area contributed by atoms with Crippen LogP contribution in [0.2, 0.25) is 0 Å². The summed E-state index contributed by atoms with van der Waals surface area (Å²) in [6.45, 7) is 2.56. The van der Waals surface area contributed by atoms with E-state index in [2.05, 4.69) is 0 Å². The number of furan rings is 1. The van der Waals surface area contributed by atoms with Gasteiger partial charge in [0.1, 0.15) is 22.9 Å². The van der Waals surface area contributed by atoms with Gasteiger partial charge in [0.2, 0.25) is 0 Å². The molecule has 0 saturated carbocycles. The Labute approximate surface area is 196 Å². The third-order valence-corrected chi connectivity index (χ3v) is 6.24. The van der Waals surface area contributed by atoms with Gasteiger partial charge in [0, 0.05) is 50.4 Å². The van der Waals surface area contributed by atoms with E-state index in [-0.39, 0.29) is 66.3 Å². The standard InChI is InChI=1S/C25H26FN3O5/c1-16(20-8-5-13-34-20)27(2)25(32)23-19-9-10-28(24(31)17-6-4-7-18(26)14-17)11-12-29(19)22(30)15-21(23)33-3/h4-8,13-16H,9-12H2,1-3H3/t16-/m1/s1. The van der Waals surface area contributed by atoms with Crippen LogP contribution in [0.4, 0.5) is 4.39 Å². The normalized spacial score (nSPS) is 14.2. The maximum absolute atomic E-state index is 13.6. The molecule has 0 saturated heterocycles. The molecular formula is C25H26FN3O5. The predicted molar refractivity (Wildman–Crippen MR) is 122 cm³/mol. The number of hydrogen-bond acceptors (Lipinski definition) is 5. The number of benzene rings is 1. The van der Waals surface area contributed by atoms with Crippen LogP contribution < -0.4 is 10.3 Å². The minimum Gasteiger partial charge on any atom is -0.496 e. The number of carbonyl (C=O) groups is 2. The molecule has 3 aromatic rings. The molecule has 0 radical (unpaired) electrons. The van der Waals surface area contributed by atoms with Crippen molar-refractivity contribution in [1.29, 1.82) is 0 Å². The average molecular weight is 467 g/mol. The minimum absolute atomic E-state index is 0.185. The van der Waals surface area contributed by atoms with Crippen molar-refractivity contribution < 1.29 is 23.1 Å². The maximum atomic E-state index is 13.6. The number of methoxy groups -OCH3 is 1. The topological polar surface area (TPSA) is 85.0 Å². The van der Waals surface area contributed by atoms with Crippen LogP contribution in [0, 0.1) is 5.82 Å². The van der Waals surface area contributed by atoms with Gasteiger partial charge in [-0.1, -0.05) is 6.07 Å². The summed E-state index contributed by atoms with van der Waals surface area (Å²) >= 11 is 0. The lowest BCUT2D eigenvalue weighted by Crippen LogP contribution is -2.34. The van der Waals surface area contributed by atoms with Crippen LogP contribution in [0.1, 0.15) is 45.1 Å². The van der Waals surface area contributed by atoms with E-state index in [0.29, 0.717) is 11.5 Å². The average Bonchev–Trinajstić information content (AvgIpc) is 3.28. The number of halogens is 1. The lowest BCUT2D eigenvalue weighted by molar-refractivity contribution is 0.0720. The SMILES string of the molecule is COc1cc(=O)n2c(c1C(=O)N(C)[C@H](C)c1ccco1)CCN(C(=O)c1cccc(F)c1)CC2. The lowest BCUT2D eigenvalue weighted by Gasteiger charge is -2.26. The van der Waals surface area contributed by atoms with E-state index >= 15 is 0 Å². The van der Waals surface area contributed by atoms with Gasteiger partial charge >= 0.3 is 0 Å². The van der Waals surface area contributed by atoms with Gasteiger partial charge in [0.25, 0.3) is 17.4 Å². The van der Waals surface area contributed by atoms with Gasteiger partial charge in [-0.2, -0.15) is 0 Å². The highest BCUT2D eigenvalue weighted by Crippen LogP contribution is 2.28. The highest BCUT2D eigenvalue weighted by molar-refractivity contribution is 5.98. The third-order valence-electron chi connectivity index (χ3n) is 6.24. The van der Waals surface area contributed by atoms with E-state index in [9.17, 15) is 18.8 Å². The lowest BCUT2D eigenvalue weighted by atomic mass is 10.1. The van der Waals surface area contributed by atoms with Gasteiger partial charge in [-0.25, -0.2) is 4.39 Å². The van der Waals surface area contributed by atoms with E-state index in [1.54, 1.807) is 36.4 Å². The van der Waals surface area contributed by atoms with Crippen LogP contribution in [0.5, 0.6) is 5.75 Å². The molecule has 34 heavy (non-hydrogen) atoms. The van der Waals surface area contributed by atoms with Gasteiger partial charge in [-0.15, -0.1) is 0 Å². The zero-order valence-electron chi connectivity index (χ0n) is 19.3. The summed E-state index contributed by atoms with van der Waals surface area (Å²) in [7, 11) is 3.07.